The third-order valence-corrected chi connectivity index (χ3v) is 5.52. The zero-order valence-corrected chi connectivity index (χ0v) is 19.8. The highest BCUT2D eigenvalue weighted by atomic mass is 19.1. The Labute approximate surface area is 206 Å². The van der Waals surface area contributed by atoms with Gasteiger partial charge in [-0.3, -0.25) is 9.20 Å². The number of benzene rings is 2. The molecule has 4 rings (SSSR count). The lowest BCUT2D eigenvalue weighted by atomic mass is 10.0. The van der Waals surface area contributed by atoms with Gasteiger partial charge in [-0.25, -0.2) is 14.2 Å². The molecule has 0 fully saturated rings. The van der Waals surface area contributed by atoms with Gasteiger partial charge in [0.15, 0.2) is 0 Å². The summed E-state index contributed by atoms with van der Waals surface area (Å²) in [6, 6.07) is 13.6. The van der Waals surface area contributed by atoms with Crippen molar-refractivity contribution < 1.29 is 23.8 Å². The smallest absolute Gasteiger partial charge is 0.319 e. The number of aliphatic hydroxyl groups excluding tert-OH is 1. The first-order valence-corrected chi connectivity index (χ1v) is 11.3. The van der Waals surface area contributed by atoms with Crippen molar-refractivity contribution in [2.45, 2.75) is 19.9 Å². The topological polar surface area (TPSA) is 117 Å². The number of imidazole rings is 1. The molecule has 2 aromatic heterocycles. The number of ether oxygens (including phenoxy) is 1. The summed E-state index contributed by atoms with van der Waals surface area (Å²) in [7, 11) is 0. The molecule has 0 saturated heterocycles. The third-order valence-electron chi connectivity index (χ3n) is 5.52. The summed E-state index contributed by atoms with van der Waals surface area (Å²) in [5.74, 6) is -0.252. The Hall–Kier alpha value is -4.44. The lowest BCUT2D eigenvalue weighted by Crippen LogP contribution is -2.31. The molecule has 0 aliphatic heterocycles. The zero-order chi connectivity index (χ0) is 25.7. The van der Waals surface area contributed by atoms with Gasteiger partial charge in [0.1, 0.15) is 29.5 Å². The summed E-state index contributed by atoms with van der Waals surface area (Å²) in [5, 5.41) is 17.2. The molecule has 10 heteroatoms. The molecular formula is C26H26FN5O4. The molecule has 0 aliphatic carbocycles. The summed E-state index contributed by atoms with van der Waals surface area (Å²) < 4.78 is 20.4. The fourth-order valence-corrected chi connectivity index (χ4v) is 3.63. The van der Waals surface area contributed by atoms with Crippen LogP contribution in [0.15, 0.2) is 67.0 Å². The van der Waals surface area contributed by atoms with Crippen molar-refractivity contribution in [3.63, 3.8) is 0 Å². The van der Waals surface area contributed by atoms with Crippen LogP contribution in [0.2, 0.25) is 0 Å². The Morgan fingerprint density at radius 1 is 1.14 bits per heavy atom. The second-order valence-electron chi connectivity index (χ2n) is 8.17. The largest absolute Gasteiger partial charge is 0.491 e. The molecule has 3 amide bonds. The maximum absolute atomic E-state index is 13.4. The average molecular weight is 492 g/mol. The predicted molar refractivity (Wildman–Crippen MR) is 134 cm³/mol. The van der Waals surface area contributed by atoms with Crippen molar-refractivity contribution in [3.05, 3.63) is 89.6 Å². The molecule has 186 valence electrons. The normalized spacial score (nSPS) is 11.7. The molecule has 0 bridgehead atoms. The van der Waals surface area contributed by atoms with Crippen LogP contribution < -0.4 is 20.7 Å². The minimum absolute atomic E-state index is 0.0997. The number of aliphatic hydroxyl groups is 1. The van der Waals surface area contributed by atoms with Crippen LogP contribution in [-0.2, 0) is 0 Å². The molecule has 36 heavy (non-hydrogen) atoms. The Balaban J connectivity index is 1.45. The number of rotatable bonds is 8. The van der Waals surface area contributed by atoms with Crippen molar-refractivity contribution in [3.8, 4) is 5.75 Å². The molecule has 1 atom stereocenters. The fourth-order valence-electron chi connectivity index (χ4n) is 3.63. The minimum Gasteiger partial charge on any atom is -0.491 e. The number of fused-ring (bicyclic) bond motifs is 1. The molecule has 0 saturated carbocycles. The highest BCUT2D eigenvalue weighted by Gasteiger charge is 2.16. The number of aromatic nitrogens is 2. The number of hydrogen-bond acceptors (Lipinski definition) is 5. The van der Waals surface area contributed by atoms with Crippen molar-refractivity contribution in [2.24, 2.45) is 0 Å². The van der Waals surface area contributed by atoms with Gasteiger partial charge >= 0.3 is 6.03 Å². The van der Waals surface area contributed by atoms with Gasteiger partial charge in [-0.2, -0.15) is 0 Å². The fraction of sp³-hybridized carbons (Fsp3) is 0.192. The molecule has 0 spiro atoms. The molecule has 9 nitrogen and oxygen atoms in total. The number of nitrogens with one attached hydrogen (secondary N) is 3. The van der Waals surface area contributed by atoms with Crippen LogP contribution in [0.4, 0.5) is 20.6 Å². The van der Waals surface area contributed by atoms with Crippen LogP contribution in [0.25, 0.3) is 5.65 Å². The molecule has 2 heterocycles. The zero-order valence-electron chi connectivity index (χ0n) is 19.8. The lowest BCUT2D eigenvalue weighted by Gasteiger charge is -2.17. The number of nitrogens with zero attached hydrogens (tertiary/aromatic N) is 2. The summed E-state index contributed by atoms with van der Waals surface area (Å²) in [5.41, 5.74) is 3.42. The van der Waals surface area contributed by atoms with Gasteiger partial charge in [0.2, 0.25) is 0 Å². The molecule has 0 aliphatic rings. The SMILES string of the molecule is Cc1ccc([C@H](C)NC(=O)Nc2cccc(F)c2)cc1NC(=O)c1cnc2cc(OCCO)ccn12. The van der Waals surface area contributed by atoms with Gasteiger partial charge < -0.3 is 25.8 Å². The van der Waals surface area contributed by atoms with E-state index in [2.05, 4.69) is 20.9 Å². The molecule has 0 unspecified atom stereocenters. The van der Waals surface area contributed by atoms with Crippen LogP contribution in [-0.4, -0.2) is 39.6 Å². The molecule has 4 aromatic rings. The van der Waals surface area contributed by atoms with Crippen LogP contribution in [0.5, 0.6) is 5.75 Å². The maximum atomic E-state index is 13.4. The van der Waals surface area contributed by atoms with E-state index < -0.39 is 11.8 Å². The first-order chi connectivity index (χ1) is 17.3. The van der Waals surface area contributed by atoms with Crippen molar-refractivity contribution in [1.29, 1.82) is 0 Å². The van der Waals surface area contributed by atoms with E-state index >= 15 is 0 Å². The number of urea groups is 1. The Morgan fingerprint density at radius 3 is 2.75 bits per heavy atom. The number of amides is 3. The van der Waals surface area contributed by atoms with Gasteiger partial charge in [0.05, 0.1) is 18.8 Å². The number of carbonyl (C=O) groups excluding carboxylic acids is 2. The van der Waals surface area contributed by atoms with Gasteiger partial charge in [-0.15, -0.1) is 0 Å². The molecule has 2 aromatic carbocycles. The summed E-state index contributed by atoms with van der Waals surface area (Å²) in [6.07, 6.45) is 3.15. The minimum atomic E-state index is -0.479. The van der Waals surface area contributed by atoms with Gasteiger partial charge in [-0.05, 0) is 55.3 Å². The Morgan fingerprint density at radius 2 is 1.97 bits per heavy atom. The van der Waals surface area contributed by atoms with E-state index in [1.807, 2.05) is 26.0 Å². The monoisotopic (exact) mass is 491 g/mol. The van der Waals surface area contributed by atoms with E-state index in [0.29, 0.717) is 28.5 Å². The Kier molecular flexibility index (Phi) is 7.45. The van der Waals surface area contributed by atoms with E-state index in [1.165, 1.54) is 24.4 Å². The van der Waals surface area contributed by atoms with E-state index in [1.54, 1.807) is 34.9 Å². The molecular weight excluding hydrogens is 465 g/mol. The van der Waals surface area contributed by atoms with Crippen LogP contribution in [0.1, 0.15) is 34.6 Å². The van der Waals surface area contributed by atoms with Gasteiger partial charge in [-0.1, -0.05) is 18.2 Å². The number of carbonyl (C=O) groups is 2. The number of aryl methyl sites for hydroxylation is 1. The van der Waals surface area contributed by atoms with E-state index in [9.17, 15) is 14.0 Å². The highest BCUT2D eigenvalue weighted by molar-refractivity contribution is 6.04. The number of pyridine rings is 1. The standard InChI is InChI=1S/C26H26FN5O4/c1-16-6-7-18(17(2)29-26(35)30-20-5-3-4-19(27)13-20)12-22(16)31-25(34)23-15-28-24-14-21(36-11-10-33)8-9-32(23)24/h3-9,12-15,17,33H,10-11H2,1-2H3,(H,31,34)(H2,29,30,35)/t17-/m0/s1. The van der Waals surface area contributed by atoms with Crippen LogP contribution in [0.3, 0.4) is 0 Å². The van der Waals surface area contributed by atoms with E-state index in [0.717, 1.165) is 11.1 Å². The van der Waals surface area contributed by atoms with Gasteiger partial charge in [0, 0.05) is 23.6 Å². The highest BCUT2D eigenvalue weighted by Crippen LogP contribution is 2.23. The number of halogens is 1. The average Bonchev–Trinajstić information content (AvgIpc) is 3.27. The lowest BCUT2D eigenvalue weighted by molar-refractivity contribution is 0.102. The summed E-state index contributed by atoms with van der Waals surface area (Å²) >= 11 is 0. The van der Waals surface area contributed by atoms with Crippen molar-refractivity contribution >= 4 is 29.0 Å². The van der Waals surface area contributed by atoms with E-state index in [-0.39, 0.29) is 25.2 Å². The number of hydrogen-bond donors (Lipinski definition) is 4. The third kappa shape index (κ3) is 5.78. The van der Waals surface area contributed by atoms with Crippen molar-refractivity contribution in [2.75, 3.05) is 23.8 Å². The second kappa shape index (κ2) is 10.9. The summed E-state index contributed by atoms with van der Waals surface area (Å²) in [4.78, 5) is 29.7. The quantitative estimate of drug-likeness (QED) is 0.293. The predicted octanol–water partition coefficient (Wildman–Crippen LogP) is 4.29. The molecule has 0 radical (unpaired) electrons. The second-order valence-corrected chi connectivity index (χ2v) is 8.17. The van der Waals surface area contributed by atoms with Crippen LogP contribution >= 0.6 is 0 Å². The maximum Gasteiger partial charge on any atom is 0.319 e. The van der Waals surface area contributed by atoms with Gasteiger partial charge in [0.25, 0.3) is 5.91 Å². The summed E-state index contributed by atoms with van der Waals surface area (Å²) in [6.45, 7) is 3.74. The number of anilines is 2. The van der Waals surface area contributed by atoms with Crippen LogP contribution in [0, 0.1) is 12.7 Å². The van der Waals surface area contributed by atoms with Crippen molar-refractivity contribution in [1.82, 2.24) is 14.7 Å². The first-order valence-electron chi connectivity index (χ1n) is 11.3. The van der Waals surface area contributed by atoms with E-state index in [4.69, 9.17) is 9.84 Å². The Bertz CT molecular complexity index is 1400. The first kappa shape index (κ1) is 24.7. The molecule has 4 N–H and O–H groups in total.